The second-order valence-corrected chi connectivity index (χ2v) is 6.70. The molecule has 0 radical (unpaired) electrons. The van der Waals surface area contributed by atoms with E-state index in [1.807, 2.05) is 6.07 Å². The standard InChI is InChI=1S/C15H18ClN3O3/c1-21-14-13-9(4-11(16)17-14)2-3-10(13)19-6-15(7-19)8-22-5-12(20)18-15/h4,10H,2-3,5-8H2,1H3,(H,18,20). The highest BCUT2D eigenvalue weighted by Crippen LogP contribution is 2.44. The van der Waals surface area contributed by atoms with Gasteiger partial charge in [0.25, 0.3) is 0 Å². The van der Waals surface area contributed by atoms with E-state index in [9.17, 15) is 4.79 Å². The Hall–Kier alpha value is -1.37. The molecular weight excluding hydrogens is 306 g/mol. The van der Waals surface area contributed by atoms with Gasteiger partial charge in [0.05, 0.1) is 19.3 Å². The van der Waals surface area contributed by atoms with Gasteiger partial charge in [-0.05, 0) is 24.5 Å². The van der Waals surface area contributed by atoms with Gasteiger partial charge in [0.1, 0.15) is 11.8 Å². The molecule has 0 aromatic carbocycles. The number of carbonyl (C=O) groups is 1. The molecule has 1 unspecified atom stereocenters. The number of hydrogen-bond acceptors (Lipinski definition) is 5. The number of nitrogens with one attached hydrogen (secondary N) is 1. The topological polar surface area (TPSA) is 63.7 Å². The SMILES string of the molecule is COc1nc(Cl)cc2c1C(N1CC3(COCC(=O)N3)C1)CC2. The summed E-state index contributed by atoms with van der Waals surface area (Å²) in [6.45, 7) is 2.36. The van der Waals surface area contributed by atoms with Crippen LogP contribution in [0.4, 0.5) is 0 Å². The summed E-state index contributed by atoms with van der Waals surface area (Å²) in [6.07, 6.45) is 2.00. The maximum absolute atomic E-state index is 11.5. The largest absolute Gasteiger partial charge is 0.481 e. The lowest BCUT2D eigenvalue weighted by molar-refractivity contribution is -0.145. The Labute approximate surface area is 133 Å². The molecule has 118 valence electrons. The zero-order chi connectivity index (χ0) is 15.3. The van der Waals surface area contributed by atoms with Crippen molar-refractivity contribution in [1.29, 1.82) is 0 Å². The average molecular weight is 324 g/mol. The third-order valence-electron chi connectivity index (χ3n) is 4.76. The van der Waals surface area contributed by atoms with Gasteiger partial charge in [-0.1, -0.05) is 11.6 Å². The summed E-state index contributed by atoms with van der Waals surface area (Å²) >= 11 is 6.05. The molecule has 1 aliphatic carbocycles. The van der Waals surface area contributed by atoms with E-state index in [1.54, 1.807) is 7.11 Å². The number of halogens is 1. The van der Waals surface area contributed by atoms with Crippen molar-refractivity contribution in [2.75, 3.05) is 33.4 Å². The van der Waals surface area contributed by atoms with E-state index in [0.717, 1.165) is 31.5 Å². The summed E-state index contributed by atoms with van der Waals surface area (Å²) in [4.78, 5) is 18.2. The third kappa shape index (κ3) is 2.17. The van der Waals surface area contributed by atoms with Gasteiger partial charge in [0, 0.05) is 24.7 Å². The highest BCUT2D eigenvalue weighted by Gasteiger charge is 2.50. The van der Waals surface area contributed by atoms with Gasteiger partial charge >= 0.3 is 0 Å². The minimum Gasteiger partial charge on any atom is -0.481 e. The fraction of sp³-hybridized carbons (Fsp3) is 0.600. The molecule has 4 rings (SSSR count). The second-order valence-electron chi connectivity index (χ2n) is 6.31. The molecular formula is C15H18ClN3O3. The van der Waals surface area contributed by atoms with Crippen LogP contribution in [-0.2, 0) is 16.0 Å². The van der Waals surface area contributed by atoms with Crippen molar-refractivity contribution in [2.45, 2.75) is 24.4 Å². The summed E-state index contributed by atoms with van der Waals surface area (Å²) in [6, 6.07) is 2.21. The number of morpholine rings is 1. The van der Waals surface area contributed by atoms with Gasteiger partial charge in [-0.3, -0.25) is 9.69 Å². The first-order chi connectivity index (χ1) is 10.6. The normalized spacial score (nSPS) is 26.5. The number of nitrogens with zero attached hydrogens (tertiary/aromatic N) is 2. The van der Waals surface area contributed by atoms with Crippen LogP contribution >= 0.6 is 11.6 Å². The fourth-order valence-corrected chi connectivity index (χ4v) is 4.11. The average Bonchev–Trinajstić information content (AvgIpc) is 2.87. The molecule has 2 aliphatic heterocycles. The van der Waals surface area contributed by atoms with Crippen LogP contribution < -0.4 is 10.1 Å². The highest BCUT2D eigenvalue weighted by molar-refractivity contribution is 6.29. The number of methoxy groups -OCH3 is 1. The number of amides is 1. The molecule has 1 aromatic rings. The van der Waals surface area contributed by atoms with Crippen LogP contribution in [-0.4, -0.2) is 54.7 Å². The lowest BCUT2D eigenvalue weighted by atomic mass is 9.87. The quantitative estimate of drug-likeness (QED) is 0.820. The Bertz CT molecular complexity index is 631. The summed E-state index contributed by atoms with van der Waals surface area (Å²) < 4.78 is 10.8. The number of aromatic nitrogens is 1. The van der Waals surface area contributed by atoms with Gasteiger partial charge in [-0.25, -0.2) is 4.98 Å². The van der Waals surface area contributed by atoms with Crippen LogP contribution in [0.5, 0.6) is 5.88 Å². The number of rotatable bonds is 2. The monoisotopic (exact) mass is 323 g/mol. The maximum Gasteiger partial charge on any atom is 0.246 e. The number of ether oxygens (including phenoxy) is 2. The molecule has 2 saturated heterocycles. The van der Waals surface area contributed by atoms with Crippen molar-refractivity contribution in [1.82, 2.24) is 15.2 Å². The number of hydrogen-bond donors (Lipinski definition) is 1. The third-order valence-corrected chi connectivity index (χ3v) is 4.95. The molecule has 1 spiro atoms. The van der Waals surface area contributed by atoms with Crippen molar-refractivity contribution in [3.63, 3.8) is 0 Å². The summed E-state index contributed by atoms with van der Waals surface area (Å²) in [5, 5.41) is 3.55. The minimum absolute atomic E-state index is 0.0243. The Kier molecular flexibility index (Phi) is 3.29. The van der Waals surface area contributed by atoms with E-state index in [-0.39, 0.29) is 24.1 Å². The van der Waals surface area contributed by atoms with E-state index < -0.39 is 0 Å². The van der Waals surface area contributed by atoms with Crippen LogP contribution in [0.3, 0.4) is 0 Å². The van der Waals surface area contributed by atoms with Crippen molar-refractivity contribution in [3.05, 3.63) is 22.3 Å². The molecule has 0 bridgehead atoms. The van der Waals surface area contributed by atoms with Crippen molar-refractivity contribution in [2.24, 2.45) is 0 Å². The van der Waals surface area contributed by atoms with Crippen LogP contribution in [0.15, 0.2) is 6.07 Å². The zero-order valence-electron chi connectivity index (χ0n) is 12.4. The first-order valence-electron chi connectivity index (χ1n) is 7.46. The Morgan fingerprint density at radius 3 is 3.09 bits per heavy atom. The molecule has 1 amide bonds. The van der Waals surface area contributed by atoms with E-state index in [0.29, 0.717) is 17.6 Å². The molecule has 1 aromatic heterocycles. The molecule has 6 nitrogen and oxygen atoms in total. The Morgan fingerprint density at radius 1 is 1.55 bits per heavy atom. The predicted octanol–water partition coefficient (Wildman–Crippen LogP) is 0.932. The van der Waals surface area contributed by atoms with E-state index >= 15 is 0 Å². The van der Waals surface area contributed by atoms with Gasteiger partial charge in [-0.2, -0.15) is 0 Å². The summed E-state index contributed by atoms with van der Waals surface area (Å²) in [5.74, 6) is 0.596. The van der Waals surface area contributed by atoms with Gasteiger partial charge in [-0.15, -0.1) is 0 Å². The molecule has 3 heterocycles. The molecule has 0 saturated carbocycles. The summed E-state index contributed by atoms with van der Waals surface area (Å²) in [7, 11) is 1.63. The lowest BCUT2D eigenvalue weighted by Gasteiger charge is -2.54. The molecule has 22 heavy (non-hydrogen) atoms. The number of fused-ring (bicyclic) bond motifs is 1. The molecule has 2 fully saturated rings. The molecule has 1 atom stereocenters. The van der Waals surface area contributed by atoms with Gasteiger partial charge < -0.3 is 14.8 Å². The van der Waals surface area contributed by atoms with Crippen LogP contribution in [0.1, 0.15) is 23.6 Å². The van der Waals surface area contributed by atoms with Crippen LogP contribution in [0.2, 0.25) is 5.15 Å². The number of likely N-dealkylation sites (tertiary alicyclic amines) is 1. The maximum atomic E-state index is 11.5. The Balaban J connectivity index is 1.55. The van der Waals surface area contributed by atoms with Crippen LogP contribution in [0.25, 0.3) is 0 Å². The van der Waals surface area contributed by atoms with E-state index in [4.69, 9.17) is 21.1 Å². The predicted molar refractivity (Wildman–Crippen MR) is 80.1 cm³/mol. The van der Waals surface area contributed by atoms with E-state index in [2.05, 4.69) is 15.2 Å². The Morgan fingerprint density at radius 2 is 2.36 bits per heavy atom. The van der Waals surface area contributed by atoms with Crippen molar-refractivity contribution < 1.29 is 14.3 Å². The van der Waals surface area contributed by atoms with Crippen molar-refractivity contribution >= 4 is 17.5 Å². The number of pyridine rings is 1. The van der Waals surface area contributed by atoms with Gasteiger partial charge in [0.2, 0.25) is 11.8 Å². The number of carbonyl (C=O) groups excluding carboxylic acids is 1. The number of aryl methyl sites for hydroxylation is 1. The first kappa shape index (κ1) is 14.2. The fourth-order valence-electron chi connectivity index (χ4n) is 3.90. The van der Waals surface area contributed by atoms with Crippen molar-refractivity contribution in [3.8, 4) is 5.88 Å². The highest BCUT2D eigenvalue weighted by atomic mass is 35.5. The van der Waals surface area contributed by atoms with E-state index in [1.165, 1.54) is 5.56 Å². The molecule has 1 N–H and O–H groups in total. The lowest BCUT2D eigenvalue weighted by Crippen LogP contribution is -2.74. The molecule has 7 heteroatoms. The van der Waals surface area contributed by atoms with Crippen LogP contribution in [0, 0.1) is 0 Å². The minimum atomic E-state index is -0.217. The molecule has 3 aliphatic rings. The second kappa shape index (κ2) is 5.08. The summed E-state index contributed by atoms with van der Waals surface area (Å²) in [5.41, 5.74) is 2.14. The smallest absolute Gasteiger partial charge is 0.246 e. The van der Waals surface area contributed by atoms with Gasteiger partial charge in [0.15, 0.2) is 0 Å². The zero-order valence-corrected chi connectivity index (χ0v) is 13.2. The first-order valence-corrected chi connectivity index (χ1v) is 7.84.